The van der Waals surface area contributed by atoms with E-state index < -0.39 is 0 Å². The van der Waals surface area contributed by atoms with E-state index in [1.165, 1.54) is 5.56 Å². The zero-order valence-electron chi connectivity index (χ0n) is 27.3. The molecule has 0 aromatic heterocycles. The number of piperidine rings is 1. The van der Waals surface area contributed by atoms with Crippen LogP contribution in [0.4, 0.5) is 5.69 Å². The molecule has 0 spiro atoms. The van der Waals surface area contributed by atoms with Crippen LogP contribution in [0, 0.1) is 0 Å². The first-order valence-corrected chi connectivity index (χ1v) is 16.3. The van der Waals surface area contributed by atoms with E-state index in [-0.39, 0.29) is 36.1 Å². The van der Waals surface area contributed by atoms with Gasteiger partial charge in [0.15, 0.2) is 0 Å². The van der Waals surface area contributed by atoms with E-state index >= 15 is 0 Å². The van der Waals surface area contributed by atoms with Gasteiger partial charge in [0.1, 0.15) is 12.4 Å². The fourth-order valence-corrected chi connectivity index (χ4v) is 6.28. The van der Waals surface area contributed by atoms with E-state index in [1.54, 1.807) is 14.0 Å². The Kier molecular flexibility index (Phi) is 13.8. The van der Waals surface area contributed by atoms with Crippen LogP contribution in [-0.4, -0.2) is 83.4 Å². The molecule has 2 aliphatic rings. The van der Waals surface area contributed by atoms with Crippen molar-refractivity contribution in [1.29, 1.82) is 0 Å². The minimum atomic E-state index is 0.00670. The summed E-state index contributed by atoms with van der Waals surface area (Å²) in [5.41, 5.74) is 4.68. The molecular weight excluding hydrogens is 558 g/mol. The summed E-state index contributed by atoms with van der Waals surface area (Å²) < 4.78 is 29.3. The molecule has 44 heavy (non-hydrogen) atoms. The van der Waals surface area contributed by atoms with E-state index in [1.807, 2.05) is 13.8 Å². The molecule has 9 nitrogen and oxygen atoms in total. The normalized spacial score (nSPS) is 21.3. The number of hydrogen-bond acceptors (Lipinski definition) is 8. The highest BCUT2D eigenvalue weighted by Crippen LogP contribution is 2.35. The van der Waals surface area contributed by atoms with Crippen LogP contribution < -0.4 is 20.3 Å². The highest BCUT2D eigenvalue weighted by atomic mass is 16.5. The van der Waals surface area contributed by atoms with Crippen LogP contribution >= 0.6 is 0 Å². The summed E-state index contributed by atoms with van der Waals surface area (Å²) in [6, 6.07) is 15.6. The lowest BCUT2D eigenvalue weighted by molar-refractivity contribution is -0.119. The summed E-state index contributed by atoms with van der Waals surface area (Å²) in [7, 11) is 1.75. The molecule has 9 heteroatoms. The zero-order chi connectivity index (χ0) is 31.3. The van der Waals surface area contributed by atoms with Crippen LogP contribution in [0.1, 0.15) is 69.6 Å². The van der Waals surface area contributed by atoms with Crippen molar-refractivity contribution in [3.8, 4) is 5.75 Å². The average Bonchev–Trinajstić information content (AvgIpc) is 3.00. The number of benzene rings is 2. The number of anilines is 1. The van der Waals surface area contributed by atoms with Crippen molar-refractivity contribution in [3.63, 3.8) is 0 Å². The molecule has 2 N–H and O–H groups in total. The van der Waals surface area contributed by atoms with Crippen LogP contribution in [-0.2, 0) is 37.0 Å². The maximum Gasteiger partial charge on any atom is 0.217 e. The van der Waals surface area contributed by atoms with Gasteiger partial charge in [-0.1, -0.05) is 30.3 Å². The molecule has 1 fully saturated rings. The number of nitrogens with zero attached hydrogens (tertiary/aromatic N) is 1. The fourth-order valence-electron chi connectivity index (χ4n) is 6.28. The van der Waals surface area contributed by atoms with Crippen molar-refractivity contribution in [2.75, 3.05) is 58.1 Å². The van der Waals surface area contributed by atoms with Gasteiger partial charge in [0.05, 0.1) is 44.3 Å². The first-order valence-electron chi connectivity index (χ1n) is 16.3. The first kappa shape index (κ1) is 34.2. The van der Waals surface area contributed by atoms with Crippen LogP contribution in [0.25, 0.3) is 0 Å². The molecule has 0 radical (unpaired) electrons. The summed E-state index contributed by atoms with van der Waals surface area (Å²) in [5, 5.41) is 6.74. The van der Waals surface area contributed by atoms with Gasteiger partial charge in [-0.05, 0) is 68.9 Å². The Morgan fingerprint density at radius 2 is 1.93 bits per heavy atom. The fraction of sp³-hybridized carbons (Fsp3) is 0.629. The molecular formula is C35H53N3O6. The predicted molar refractivity (Wildman–Crippen MR) is 173 cm³/mol. The first-order chi connectivity index (χ1) is 21.4. The molecule has 2 aromatic rings. The van der Waals surface area contributed by atoms with Crippen molar-refractivity contribution in [2.45, 2.75) is 90.4 Å². The van der Waals surface area contributed by atoms with Crippen LogP contribution in [0.3, 0.4) is 0 Å². The van der Waals surface area contributed by atoms with Gasteiger partial charge in [-0.25, -0.2) is 0 Å². The molecule has 2 heterocycles. The van der Waals surface area contributed by atoms with Gasteiger partial charge in [-0.2, -0.15) is 0 Å². The molecule has 2 aromatic carbocycles. The smallest absolute Gasteiger partial charge is 0.217 e. The van der Waals surface area contributed by atoms with Gasteiger partial charge >= 0.3 is 0 Å². The maximum atomic E-state index is 11.6. The second-order valence-corrected chi connectivity index (χ2v) is 12.1. The number of fused-ring (bicyclic) bond motifs is 1. The third-order valence-electron chi connectivity index (χ3n) is 8.39. The molecule has 4 rings (SSSR count). The Morgan fingerprint density at radius 3 is 2.68 bits per heavy atom. The standard InChI is InChI=1S/C35H53N3O6/c1-6-42-26(3)22-41-23-28-8-11-30(12-9-28)32-20-31(18-25(2)37-27(4)39)36-21-35(32)44-24-29-10-13-34-33(19-29)38(15-17-43-34)14-7-16-40-5/h8-13,19,25-26,31-32,35-36H,6-7,14-18,20-24H2,1-5H3,(H,37,39)/t25?,26-,31+,32+,35-/m0/s1. The number of carbonyl (C=O) groups is 1. The summed E-state index contributed by atoms with van der Waals surface area (Å²) in [6.07, 6.45) is 2.88. The number of hydrogen-bond donors (Lipinski definition) is 2. The van der Waals surface area contributed by atoms with Crippen molar-refractivity contribution in [1.82, 2.24) is 10.6 Å². The highest BCUT2D eigenvalue weighted by Gasteiger charge is 2.33. The number of nitrogens with one attached hydrogen (secondary N) is 2. The molecule has 0 bridgehead atoms. The van der Waals surface area contributed by atoms with Gasteiger partial charge in [-0.15, -0.1) is 0 Å². The Balaban J connectivity index is 1.42. The number of rotatable bonds is 17. The molecule has 0 saturated carbocycles. The van der Waals surface area contributed by atoms with Crippen molar-refractivity contribution in [2.24, 2.45) is 0 Å². The number of amides is 1. The van der Waals surface area contributed by atoms with E-state index in [9.17, 15) is 4.79 Å². The zero-order valence-corrected chi connectivity index (χ0v) is 27.3. The van der Waals surface area contributed by atoms with Gasteiger partial charge in [0.25, 0.3) is 0 Å². The maximum absolute atomic E-state index is 11.6. The number of methoxy groups -OCH3 is 1. The van der Waals surface area contributed by atoms with Crippen LogP contribution in [0.15, 0.2) is 42.5 Å². The lowest BCUT2D eigenvalue weighted by Gasteiger charge is -2.38. The monoisotopic (exact) mass is 611 g/mol. The Labute approximate surface area is 263 Å². The lowest BCUT2D eigenvalue weighted by Crippen LogP contribution is -2.49. The quantitative estimate of drug-likeness (QED) is 0.247. The minimum absolute atomic E-state index is 0.00670. The Bertz CT molecular complexity index is 1150. The SMILES string of the molecule is CCO[C@@H](C)COCc1ccc([C@H]2C[C@@H](CC(C)NC(C)=O)NC[C@@H]2OCc2ccc3c(c2)N(CCCOC)CCO3)cc1. The molecule has 244 valence electrons. The predicted octanol–water partition coefficient (Wildman–Crippen LogP) is 4.81. The summed E-state index contributed by atoms with van der Waals surface area (Å²) >= 11 is 0. The summed E-state index contributed by atoms with van der Waals surface area (Å²) in [6.45, 7) is 14.0. The lowest BCUT2D eigenvalue weighted by atomic mass is 9.82. The van der Waals surface area contributed by atoms with E-state index in [0.29, 0.717) is 33.0 Å². The minimum Gasteiger partial charge on any atom is -0.490 e. The topological polar surface area (TPSA) is 90.5 Å². The molecule has 2 aliphatic heterocycles. The van der Waals surface area contributed by atoms with Crippen molar-refractivity contribution < 1.29 is 28.5 Å². The van der Waals surface area contributed by atoms with Crippen LogP contribution in [0.2, 0.25) is 0 Å². The van der Waals surface area contributed by atoms with Crippen molar-refractivity contribution in [3.05, 3.63) is 59.2 Å². The Morgan fingerprint density at radius 1 is 1.14 bits per heavy atom. The second kappa shape index (κ2) is 17.7. The highest BCUT2D eigenvalue weighted by molar-refractivity contribution is 5.73. The van der Waals surface area contributed by atoms with Crippen molar-refractivity contribution >= 4 is 11.6 Å². The second-order valence-electron chi connectivity index (χ2n) is 12.1. The third-order valence-corrected chi connectivity index (χ3v) is 8.39. The van der Waals surface area contributed by atoms with E-state index in [0.717, 1.165) is 68.1 Å². The average molecular weight is 612 g/mol. The number of carbonyl (C=O) groups excluding carboxylic acids is 1. The van der Waals surface area contributed by atoms with Crippen LogP contribution in [0.5, 0.6) is 5.75 Å². The molecule has 1 unspecified atom stereocenters. The molecule has 1 amide bonds. The summed E-state index contributed by atoms with van der Waals surface area (Å²) in [5.74, 6) is 1.17. The summed E-state index contributed by atoms with van der Waals surface area (Å²) in [4.78, 5) is 14.0. The Hall–Kier alpha value is -2.69. The van der Waals surface area contributed by atoms with Gasteiger partial charge in [-0.3, -0.25) is 4.79 Å². The van der Waals surface area contributed by atoms with Gasteiger partial charge < -0.3 is 39.2 Å². The van der Waals surface area contributed by atoms with Gasteiger partial charge in [0, 0.05) is 58.3 Å². The molecule has 0 aliphatic carbocycles. The molecule has 5 atom stereocenters. The molecule has 1 saturated heterocycles. The number of ether oxygens (including phenoxy) is 5. The van der Waals surface area contributed by atoms with E-state index in [2.05, 4.69) is 64.9 Å². The largest absolute Gasteiger partial charge is 0.490 e. The van der Waals surface area contributed by atoms with E-state index in [4.69, 9.17) is 23.7 Å². The van der Waals surface area contributed by atoms with Gasteiger partial charge in [0.2, 0.25) is 5.91 Å². The third kappa shape index (κ3) is 10.4.